The van der Waals surface area contributed by atoms with Crippen molar-refractivity contribution in [2.75, 3.05) is 13.7 Å². The average Bonchev–Trinajstić information content (AvgIpc) is 2.94. The van der Waals surface area contributed by atoms with E-state index >= 15 is 0 Å². The summed E-state index contributed by atoms with van der Waals surface area (Å²) in [6.45, 7) is 25.8. The Morgan fingerprint density at radius 1 is 1.09 bits per heavy atom. The largest absolute Gasteiger partial charge is 0.618 e. The van der Waals surface area contributed by atoms with Crippen molar-refractivity contribution in [3.63, 3.8) is 0 Å². The topological polar surface area (TPSA) is 124 Å². The molecule has 0 saturated carbocycles. The van der Waals surface area contributed by atoms with Crippen LogP contribution in [0.4, 0.5) is 0 Å². The quantitative estimate of drug-likeness (QED) is 0.0805. The molecule has 0 fully saturated rings. The molecule has 2 N–H and O–H groups in total. The third-order valence-corrected chi connectivity index (χ3v) is 9.77. The van der Waals surface area contributed by atoms with Crippen LogP contribution in [0.15, 0.2) is 24.5 Å². The molecule has 1 aromatic heterocycles. The molecular weight excluding hydrogens is 568 g/mol. The average molecular weight is 631 g/mol. The minimum Gasteiger partial charge on any atom is -0.618 e. The van der Waals surface area contributed by atoms with Gasteiger partial charge in [0.05, 0.1) is 13.3 Å². The van der Waals surface area contributed by atoms with Crippen LogP contribution in [0.3, 0.4) is 0 Å². The van der Waals surface area contributed by atoms with Crippen LogP contribution in [-0.2, 0) is 14.3 Å². The van der Waals surface area contributed by atoms with E-state index in [1.807, 2.05) is 27.7 Å². The first-order chi connectivity index (χ1) is 20.6. The number of aryl methyl sites for hydroxylation is 1. The van der Waals surface area contributed by atoms with Crippen LogP contribution in [0, 0.1) is 45.6 Å². The molecule has 0 aliphatic carbocycles. The normalized spacial score (nSPS) is 16.0. The van der Waals surface area contributed by atoms with Crippen LogP contribution >= 0.6 is 0 Å². The summed E-state index contributed by atoms with van der Waals surface area (Å²) in [6, 6.07) is -0.937. The second kappa shape index (κ2) is 16.5. The second-order valence-corrected chi connectivity index (χ2v) is 15.5. The highest BCUT2D eigenvalue weighted by atomic mass is 16.5. The van der Waals surface area contributed by atoms with E-state index in [9.17, 15) is 19.6 Å². The fourth-order valence-corrected chi connectivity index (χ4v) is 6.35. The maximum absolute atomic E-state index is 13.5. The molecule has 0 bridgehead atoms. The molecule has 9 heteroatoms. The number of allylic oxidation sites excluding steroid dienone is 2. The van der Waals surface area contributed by atoms with Gasteiger partial charge >= 0.3 is 5.97 Å². The molecule has 1 aromatic rings. The summed E-state index contributed by atoms with van der Waals surface area (Å²) in [5.74, 6) is -1.50. The van der Waals surface area contributed by atoms with E-state index in [-0.39, 0.29) is 39.7 Å². The van der Waals surface area contributed by atoms with Gasteiger partial charge < -0.3 is 20.6 Å². The van der Waals surface area contributed by atoms with E-state index in [1.165, 1.54) is 26.1 Å². The fourth-order valence-electron chi connectivity index (χ4n) is 6.35. The number of hydrogen-bond acceptors (Lipinski definition) is 6. The second-order valence-electron chi connectivity index (χ2n) is 15.5. The molecule has 4 unspecified atom stereocenters. The molecule has 9 nitrogen and oxygen atoms in total. The summed E-state index contributed by atoms with van der Waals surface area (Å²) < 4.78 is 5.51. The van der Waals surface area contributed by atoms with Gasteiger partial charge in [0.2, 0.25) is 17.8 Å². The SMILES string of the molecule is CCCC(C)(C)CC=CC(C)(CC)C(C)(C)CC(C)(C)C(=O)NCC(C)CC(C)C(NC(=O)c1c[n+]([O-])c(C)cn1)C(=O)OC. The van der Waals surface area contributed by atoms with E-state index in [0.717, 1.165) is 25.5 Å². The molecule has 45 heavy (non-hydrogen) atoms. The third-order valence-electron chi connectivity index (χ3n) is 9.77. The minimum absolute atomic E-state index is 0.00391. The molecule has 0 saturated heterocycles. The molecule has 0 aromatic carbocycles. The number of methoxy groups -OCH3 is 1. The highest BCUT2D eigenvalue weighted by Gasteiger charge is 2.43. The monoisotopic (exact) mass is 630 g/mol. The lowest BCUT2D eigenvalue weighted by atomic mass is 9.59. The van der Waals surface area contributed by atoms with Crippen molar-refractivity contribution in [2.45, 2.75) is 128 Å². The van der Waals surface area contributed by atoms with Gasteiger partial charge in [0, 0.05) is 18.9 Å². The third kappa shape index (κ3) is 11.7. The summed E-state index contributed by atoms with van der Waals surface area (Å²) in [4.78, 5) is 42.9. The number of esters is 1. The summed E-state index contributed by atoms with van der Waals surface area (Å²) in [5, 5.41) is 17.7. The van der Waals surface area contributed by atoms with Crippen molar-refractivity contribution in [2.24, 2.45) is 33.5 Å². The number of rotatable bonds is 18. The summed E-state index contributed by atoms with van der Waals surface area (Å²) >= 11 is 0. The molecule has 0 aliphatic rings. The van der Waals surface area contributed by atoms with E-state index in [2.05, 4.69) is 76.2 Å². The van der Waals surface area contributed by atoms with Gasteiger partial charge in [-0.1, -0.05) is 94.7 Å². The lowest BCUT2D eigenvalue weighted by Crippen LogP contribution is -2.48. The first kappa shape index (κ1) is 40.1. The maximum Gasteiger partial charge on any atom is 0.328 e. The number of amides is 2. The molecule has 1 heterocycles. The van der Waals surface area contributed by atoms with Gasteiger partial charge in [-0.05, 0) is 60.2 Å². The van der Waals surface area contributed by atoms with Crippen molar-refractivity contribution in [1.29, 1.82) is 0 Å². The summed E-state index contributed by atoms with van der Waals surface area (Å²) in [6.07, 6.45) is 12.8. The summed E-state index contributed by atoms with van der Waals surface area (Å²) in [5.41, 5.74) is -0.244. The number of nitrogens with one attached hydrogen (secondary N) is 2. The molecule has 4 atom stereocenters. The number of ether oxygens (including phenoxy) is 1. The molecule has 0 aliphatic heterocycles. The Bertz CT molecular complexity index is 1180. The first-order valence-electron chi connectivity index (χ1n) is 16.6. The Morgan fingerprint density at radius 3 is 2.24 bits per heavy atom. The van der Waals surface area contributed by atoms with Crippen LogP contribution in [0.1, 0.15) is 131 Å². The summed E-state index contributed by atoms with van der Waals surface area (Å²) in [7, 11) is 1.27. The highest BCUT2D eigenvalue weighted by Crippen LogP contribution is 2.50. The zero-order valence-corrected chi connectivity index (χ0v) is 30.4. The van der Waals surface area contributed by atoms with Gasteiger partial charge in [0.15, 0.2) is 5.69 Å². The van der Waals surface area contributed by atoms with Gasteiger partial charge in [-0.3, -0.25) is 9.59 Å². The Hall–Kier alpha value is -2.97. The van der Waals surface area contributed by atoms with E-state index in [1.54, 1.807) is 6.92 Å². The van der Waals surface area contributed by atoms with E-state index in [0.29, 0.717) is 23.4 Å². The van der Waals surface area contributed by atoms with Crippen molar-refractivity contribution < 1.29 is 23.9 Å². The van der Waals surface area contributed by atoms with Gasteiger partial charge in [-0.2, -0.15) is 4.73 Å². The van der Waals surface area contributed by atoms with Gasteiger partial charge in [-0.25, -0.2) is 9.78 Å². The van der Waals surface area contributed by atoms with E-state index < -0.39 is 23.3 Å². The van der Waals surface area contributed by atoms with Crippen LogP contribution < -0.4 is 15.4 Å². The van der Waals surface area contributed by atoms with E-state index in [4.69, 9.17) is 4.74 Å². The predicted molar refractivity (Wildman–Crippen MR) is 180 cm³/mol. The van der Waals surface area contributed by atoms with Crippen molar-refractivity contribution in [3.8, 4) is 0 Å². The van der Waals surface area contributed by atoms with Crippen LogP contribution in [0.2, 0.25) is 0 Å². The van der Waals surface area contributed by atoms with Gasteiger partial charge in [0.25, 0.3) is 5.91 Å². The number of hydrogen-bond donors (Lipinski definition) is 2. The minimum atomic E-state index is -0.937. The molecule has 0 radical (unpaired) electrons. The lowest BCUT2D eigenvalue weighted by Gasteiger charge is -2.46. The zero-order valence-electron chi connectivity index (χ0n) is 30.4. The first-order valence-corrected chi connectivity index (χ1v) is 16.6. The Balaban J connectivity index is 2.88. The van der Waals surface area contributed by atoms with Crippen molar-refractivity contribution in [3.05, 3.63) is 41.1 Å². The smallest absolute Gasteiger partial charge is 0.328 e. The van der Waals surface area contributed by atoms with Crippen molar-refractivity contribution >= 4 is 17.8 Å². The number of aromatic nitrogens is 2. The molecule has 1 rings (SSSR count). The lowest BCUT2D eigenvalue weighted by molar-refractivity contribution is -0.613. The fraction of sp³-hybridized carbons (Fsp3) is 0.750. The van der Waals surface area contributed by atoms with Gasteiger partial charge in [0.1, 0.15) is 6.04 Å². The molecule has 2 amide bonds. The standard InChI is InChI=1S/C36H62N4O5/c1-14-17-33(6,7)18-16-19-36(12,15-2)35(10,11)24-34(8,9)32(43)38-21-25(3)20-26(4)29(31(42)45-13)39-30(41)28-23-40(44)27(5)22-37-28/h16,19,22-23,25-26,29H,14-15,17-18,20-21,24H2,1-13H3,(H,38,43)(H,39,41). The van der Waals surface area contributed by atoms with Crippen molar-refractivity contribution in [1.82, 2.24) is 15.6 Å². The van der Waals surface area contributed by atoms with Crippen LogP contribution in [-0.4, -0.2) is 42.5 Å². The number of carbonyl (C=O) groups is 3. The molecule has 0 spiro atoms. The predicted octanol–water partition coefficient (Wildman–Crippen LogP) is 6.70. The number of nitrogens with zero attached hydrogens (tertiary/aromatic N) is 2. The maximum atomic E-state index is 13.5. The molecular formula is C36H62N4O5. The molecule has 256 valence electrons. The van der Waals surface area contributed by atoms with Gasteiger partial charge in [-0.15, -0.1) is 0 Å². The highest BCUT2D eigenvalue weighted by molar-refractivity contribution is 5.94. The Morgan fingerprint density at radius 2 is 1.71 bits per heavy atom. The zero-order chi connectivity index (χ0) is 34.8. The Labute approximate surface area is 273 Å². The van der Waals surface area contributed by atoms with Crippen LogP contribution in [0.5, 0.6) is 0 Å². The Kier molecular flexibility index (Phi) is 14.7. The van der Waals surface area contributed by atoms with Crippen LogP contribution in [0.25, 0.3) is 0 Å². The number of carbonyl (C=O) groups excluding carboxylic acids is 3.